The molecule has 0 aliphatic carbocycles. The zero-order valence-electron chi connectivity index (χ0n) is 4.44. The zero-order chi connectivity index (χ0) is 4.24. The molecule has 0 amide bonds. The predicted molar refractivity (Wildman–Crippen MR) is 28.3 cm³/mol. The second-order valence-corrected chi connectivity index (χ2v) is 1.67. The van der Waals surface area contributed by atoms with Gasteiger partial charge in [-0.2, -0.15) is 0 Å². The Morgan fingerprint density at radius 1 is 0.857 bits per heavy atom. The smallest absolute Gasteiger partial charge is 0.0466 e. The molecule has 1 aliphatic rings. The molecule has 1 rings (SSSR count). The number of ether oxygens (including phenoxy) is 1. The van der Waals surface area contributed by atoms with Crippen molar-refractivity contribution in [1.29, 1.82) is 0 Å². The van der Waals surface area contributed by atoms with Crippen molar-refractivity contribution < 1.29 is 10.2 Å². The van der Waals surface area contributed by atoms with Gasteiger partial charge in [-0.05, 0) is 19.3 Å². The molecule has 2 N–H and O–H groups in total. The van der Waals surface area contributed by atoms with E-state index in [4.69, 9.17) is 4.74 Å². The lowest BCUT2D eigenvalue weighted by Gasteiger charge is -2.08. The molecule has 0 aromatic heterocycles. The molecule has 0 radical (unpaired) electrons. The first-order chi connectivity index (χ1) is 3.00. The monoisotopic (exact) mass is 104 g/mol. The zero-order valence-corrected chi connectivity index (χ0v) is 4.44. The van der Waals surface area contributed by atoms with Crippen molar-refractivity contribution in [3.05, 3.63) is 0 Å². The molecule has 0 unspecified atom stereocenters. The van der Waals surface area contributed by atoms with Crippen LogP contribution < -0.4 is 0 Å². The Morgan fingerprint density at radius 2 is 1.43 bits per heavy atom. The van der Waals surface area contributed by atoms with E-state index < -0.39 is 0 Å². The molecule has 0 aromatic rings. The van der Waals surface area contributed by atoms with E-state index in [0.717, 1.165) is 13.2 Å². The van der Waals surface area contributed by atoms with Gasteiger partial charge in [-0.25, -0.2) is 0 Å². The van der Waals surface area contributed by atoms with Crippen LogP contribution in [0.1, 0.15) is 19.3 Å². The molecule has 1 aliphatic heterocycles. The molecule has 0 atom stereocenters. The highest BCUT2D eigenvalue weighted by Gasteiger charge is 1.94. The molecule has 0 spiro atoms. The fourth-order valence-electron chi connectivity index (χ4n) is 0.687. The molecular weight excluding hydrogens is 92.1 g/mol. The SMILES string of the molecule is C1CCOCC1.O. The van der Waals surface area contributed by atoms with Crippen LogP contribution >= 0.6 is 0 Å². The van der Waals surface area contributed by atoms with Crippen LogP contribution in [0.25, 0.3) is 0 Å². The van der Waals surface area contributed by atoms with Crippen LogP contribution in [0.15, 0.2) is 0 Å². The molecule has 7 heavy (non-hydrogen) atoms. The summed E-state index contributed by atoms with van der Waals surface area (Å²) < 4.78 is 5.07. The lowest BCUT2D eigenvalue weighted by molar-refractivity contribution is 0.0968. The summed E-state index contributed by atoms with van der Waals surface area (Å²) in [5.41, 5.74) is 0. The number of hydrogen-bond acceptors (Lipinski definition) is 1. The van der Waals surface area contributed by atoms with E-state index in [1.165, 1.54) is 19.3 Å². The molecular formula is C5H12O2. The van der Waals surface area contributed by atoms with Gasteiger partial charge in [0.2, 0.25) is 0 Å². The minimum absolute atomic E-state index is 0. The van der Waals surface area contributed by atoms with Crippen molar-refractivity contribution in [2.45, 2.75) is 19.3 Å². The minimum atomic E-state index is 0. The molecule has 1 fully saturated rings. The summed E-state index contributed by atoms with van der Waals surface area (Å²) in [6, 6.07) is 0. The molecule has 0 aromatic carbocycles. The fraction of sp³-hybridized carbons (Fsp3) is 1.00. The van der Waals surface area contributed by atoms with E-state index in [-0.39, 0.29) is 5.48 Å². The standard InChI is InChI=1S/C5H10O.H2O/c1-2-4-6-5-3-1;/h1-5H2;1H2. The van der Waals surface area contributed by atoms with Crippen molar-refractivity contribution >= 4 is 0 Å². The first-order valence-corrected chi connectivity index (χ1v) is 2.58. The predicted octanol–water partition coefficient (Wildman–Crippen LogP) is 0.362. The van der Waals surface area contributed by atoms with E-state index in [2.05, 4.69) is 0 Å². The van der Waals surface area contributed by atoms with Crippen molar-refractivity contribution in [2.24, 2.45) is 0 Å². The first-order valence-electron chi connectivity index (χ1n) is 2.58. The minimum Gasteiger partial charge on any atom is -0.412 e. The normalized spacial score (nSPS) is 20.6. The summed E-state index contributed by atoms with van der Waals surface area (Å²) in [7, 11) is 0. The third kappa shape index (κ3) is 2.60. The Balaban J connectivity index is 0.000000360. The van der Waals surface area contributed by atoms with E-state index in [1.54, 1.807) is 0 Å². The van der Waals surface area contributed by atoms with Gasteiger partial charge < -0.3 is 10.2 Å². The van der Waals surface area contributed by atoms with E-state index in [9.17, 15) is 0 Å². The Kier molecular flexibility index (Phi) is 4.04. The highest BCUT2D eigenvalue weighted by molar-refractivity contribution is 4.45. The average Bonchev–Trinajstić information content (AvgIpc) is 1.72. The average molecular weight is 104 g/mol. The van der Waals surface area contributed by atoms with Crippen LogP contribution in [0.5, 0.6) is 0 Å². The summed E-state index contributed by atoms with van der Waals surface area (Å²) in [4.78, 5) is 0. The molecule has 2 heteroatoms. The van der Waals surface area contributed by atoms with Crippen molar-refractivity contribution in [2.75, 3.05) is 13.2 Å². The van der Waals surface area contributed by atoms with Crippen LogP contribution in [0.4, 0.5) is 0 Å². The van der Waals surface area contributed by atoms with Gasteiger partial charge in [0.25, 0.3) is 0 Å². The Labute approximate surface area is 43.8 Å². The highest BCUT2D eigenvalue weighted by atomic mass is 16.5. The molecule has 44 valence electrons. The van der Waals surface area contributed by atoms with Gasteiger partial charge in [0, 0.05) is 13.2 Å². The maximum Gasteiger partial charge on any atom is 0.0466 e. The van der Waals surface area contributed by atoms with Crippen LogP contribution in [0, 0.1) is 0 Å². The summed E-state index contributed by atoms with van der Waals surface area (Å²) in [6.45, 7) is 2.00. The van der Waals surface area contributed by atoms with Gasteiger partial charge in [-0.1, -0.05) is 0 Å². The maximum absolute atomic E-state index is 5.07. The van der Waals surface area contributed by atoms with Crippen molar-refractivity contribution in [3.8, 4) is 0 Å². The molecule has 1 saturated heterocycles. The lowest BCUT2D eigenvalue weighted by atomic mass is 10.2. The van der Waals surface area contributed by atoms with Gasteiger partial charge >= 0.3 is 0 Å². The van der Waals surface area contributed by atoms with Crippen LogP contribution in [0.2, 0.25) is 0 Å². The van der Waals surface area contributed by atoms with E-state index in [1.807, 2.05) is 0 Å². The van der Waals surface area contributed by atoms with Gasteiger partial charge in [0.05, 0.1) is 0 Å². The maximum atomic E-state index is 5.07. The fourth-order valence-corrected chi connectivity index (χ4v) is 0.687. The van der Waals surface area contributed by atoms with Gasteiger partial charge in [-0.15, -0.1) is 0 Å². The third-order valence-electron chi connectivity index (χ3n) is 1.08. The second kappa shape index (κ2) is 4.09. The van der Waals surface area contributed by atoms with Gasteiger partial charge in [0.1, 0.15) is 0 Å². The van der Waals surface area contributed by atoms with Crippen molar-refractivity contribution in [3.63, 3.8) is 0 Å². The number of hydrogen-bond donors (Lipinski definition) is 0. The first kappa shape index (κ1) is 6.92. The summed E-state index contributed by atoms with van der Waals surface area (Å²) in [5, 5.41) is 0. The third-order valence-corrected chi connectivity index (χ3v) is 1.08. The Morgan fingerprint density at radius 3 is 1.57 bits per heavy atom. The Bertz CT molecular complexity index is 21.6. The quantitative estimate of drug-likeness (QED) is 0.437. The largest absolute Gasteiger partial charge is 0.412 e. The topological polar surface area (TPSA) is 40.7 Å². The lowest BCUT2D eigenvalue weighted by Crippen LogP contribution is -2.03. The Hall–Kier alpha value is -0.0800. The summed E-state index contributed by atoms with van der Waals surface area (Å²) in [5.74, 6) is 0. The number of rotatable bonds is 0. The van der Waals surface area contributed by atoms with Gasteiger partial charge in [0.15, 0.2) is 0 Å². The van der Waals surface area contributed by atoms with Crippen LogP contribution in [-0.4, -0.2) is 18.7 Å². The second-order valence-electron chi connectivity index (χ2n) is 1.67. The molecule has 0 saturated carbocycles. The van der Waals surface area contributed by atoms with E-state index >= 15 is 0 Å². The summed E-state index contributed by atoms with van der Waals surface area (Å²) in [6.07, 6.45) is 3.93. The summed E-state index contributed by atoms with van der Waals surface area (Å²) >= 11 is 0. The molecule has 0 bridgehead atoms. The molecule has 2 nitrogen and oxygen atoms in total. The highest BCUT2D eigenvalue weighted by Crippen LogP contribution is 2.01. The molecule has 1 heterocycles. The van der Waals surface area contributed by atoms with Crippen molar-refractivity contribution in [1.82, 2.24) is 0 Å². The van der Waals surface area contributed by atoms with E-state index in [0.29, 0.717) is 0 Å². The van der Waals surface area contributed by atoms with Crippen LogP contribution in [0.3, 0.4) is 0 Å². The van der Waals surface area contributed by atoms with Crippen LogP contribution in [-0.2, 0) is 4.74 Å². The van der Waals surface area contributed by atoms with Gasteiger partial charge in [-0.3, -0.25) is 0 Å².